The van der Waals surface area contributed by atoms with Crippen molar-refractivity contribution < 1.29 is 19.4 Å². The molecule has 1 heterocycles. The van der Waals surface area contributed by atoms with Crippen molar-refractivity contribution in [3.05, 3.63) is 23.3 Å². The Labute approximate surface area is 126 Å². The number of phenolic OH excluding ortho intramolecular Hbond substituents is 1. The lowest BCUT2D eigenvalue weighted by Crippen LogP contribution is -2.17. The van der Waals surface area contributed by atoms with E-state index in [-0.39, 0.29) is 11.9 Å². The lowest BCUT2D eigenvalue weighted by molar-refractivity contribution is 0.0314. The van der Waals surface area contributed by atoms with Crippen molar-refractivity contribution in [2.24, 2.45) is 0 Å². The van der Waals surface area contributed by atoms with Crippen molar-refractivity contribution in [3.63, 3.8) is 0 Å². The van der Waals surface area contributed by atoms with Crippen LogP contribution in [-0.2, 0) is 11.2 Å². The fourth-order valence-corrected chi connectivity index (χ4v) is 2.79. The topological polar surface area (TPSA) is 55.8 Å². The third kappa shape index (κ3) is 4.13. The number of carbonyl (C=O) groups is 1. The first-order chi connectivity index (χ1) is 10.1. The van der Waals surface area contributed by atoms with E-state index in [9.17, 15) is 9.90 Å². The molecule has 21 heavy (non-hydrogen) atoms. The number of aryl methyl sites for hydroxylation is 1. The Hall–Kier alpha value is -1.71. The number of ether oxygens (including phenoxy) is 2. The zero-order chi connectivity index (χ0) is 15.2. The van der Waals surface area contributed by atoms with Gasteiger partial charge >= 0.3 is 5.97 Å². The summed E-state index contributed by atoms with van der Waals surface area (Å²) in [5.41, 5.74) is 1.10. The van der Waals surface area contributed by atoms with Crippen LogP contribution in [0.2, 0.25) is 0 Å². The van der Waals surface area contributed by atoms with Gasteiger partial charge in [-0.25, -0.2) is 4.79 Å². The molecule has 0 saturated carbocycles. The standard InChI is InChI=1S/C17H24O4/c1-12-8-6-4-3-5-7-9-13-10-14(20-2)11-15(18)16(13)17(19)21-12/h10-12,18H,3-9H2,1-2H3/t12-/m1/s1. The lowest BCUT2D eigenvalue weighted by Gasteiger charge is -2.18. The van der Waals surface area contributed by atoms with Gasteiger partial charge < -0.3 is 14.6 Å². The van der Waals surface area contributed by atoms with Gasteiger partial charge in [-0.05, 0) is 44.2 Å². The SMILES string of the molecule is COc1cc(O)c2c(c1)CCCCCCC[C@@H](C)OC2=O. The number of hydrogen-bond acceptors (Lipinski definition) is 4. The molecule has 1 aliphatic heterocycles. The van der Waals surface area contributed by atoms with Crippen LogP contribution in [0, 0.1) is 0 Å². The van der Waals surface area contributed by atoms with Crippen LogP contribution in [0.3, 0.4) is 0 Å². The van der Waals surface area contributed by atoms with E-state index < -0.39 is 5.97 Å². The molecule has 0 unspecified atom stereocenters. The Morgan fingerprint density at radius 1 is 1.19 bits per heavy atom. The summed E-state index contributed by atoms with van der Waals surface area (Å²) in [6, 6.07) is 3.30. The average Bonchev–Trinajstić information content (AvgIpc) is 2.44. The minimum Gasteiger partial charge on any atom is -0.507 e. The molecule has 1 atom stereocenters. The molecule has 1 aromatic rings. The van der Waals surface area contributed by atoms with Crippen LogP contribution in [0.5, 0.6) is 11.5 Å². The first-order valence-electron chi connectivity index (χ1n) is 7.72. The number of hydrogen-bond donors (Lipinski definition) is 1. The first-order valence-corrected chi connectivity index (χ1v) is 7.72. The quantitative estimate of drug-likeness (QED) is 0.799. The van der Waals surface area contributed by atoms with Gasteiger partial charge in [0, 0.05) is 6.07 Å². The summed E-state index contributed by atoms with van der Waals surface area (Å²) in [4.78, 5) is 12.3. The molecule has 0 saturated heterocycles. The monoisotopic (exact) mass is 292 g/mol. The van der Waals surface area contributed by atoms with E-state index in [0.29, 0.717) is 11.3 Å². The van der Waals surface area contributed by atoms with Crippen LogP contribution in [-0.4, -0.2) is 24.3 Å². The molecule has 0 radical (unpaired) electrons. The second kappa shape index (κ2) is 7.34. The fourth-order valence-electron chi connectivity index (χ4n) is 2.79. The Morgan fingerprint density at radius 2 is 1.90 bits per heavy atom. The molecule has 1 aliphatic rings. The first kappa shape index (κ1) is 15.7. The predicted molar refractivity (Wildman–Crippen MR) is 80.9 cm³/mol. The Balaban J connectivity index is 2.33. The molecular formula is C17H24O4. The van der Waals surface area contributed by atoms with E-state index >= 15 is 0 Å². The summed E-state index contributed by atoms with van der Waals surface area (Å²) in [6.45, 7) is 1.91. The number of cyclic esters (lactones) is 1. The number of esters is 1. The summed E-state index contributed by atoms with van der Waals surface area (Å²) in [5, 5.41) is 10.1. The number of fused-ring (bicyclic) bond motifs is 1. The number of phenols is 1. The minimum atomic E-state index is -0.432. The Kier molecular flexibility index (Phi) is 5.48. The van der Waals surface area contributed by atoms with Crippen LogP contribution in [0.25, 0.3) is 0 Å². The summed E-state index contributed by atoms with van der Waals surface area (Å²) >= 11 is 0. The molecule has 0 amide bonds. The van der Waals surface area contributed by atoms with E-state index in [1.807, 2.05) is 13.0 Å². The Morgan fingerprint density at radius 3 is 2.67 bits per heavy atom. The maximum atomic E-state index is 12.3. The number of rotatable bonds is 1. The van der Waals surface area contributed by atoms with Crippen molar-refractivity contribution >= 4 is 5.97 Å². The second-order valence-electron chi connectivity index (χ2n) is 5.70. The van der Waals surface area contributed by atoms with Gasteiger partial charge in [-0.2, -0.15) is 0 Å². The number of carbonyl (C=O) groups excluding carboxylic acids is 1. The number of benzene rings is 1. The molecule has 2 rings (SSSR count). The van der Waals surface area contributed by atoms with Gasteiger partial charge in [0.15, 0.2) is 0 Å². The molecule has 4 nitrogen and oxygen atoms in total. The molecule has 0 aromatic heterocycles. The molecule has 1 N–H and O–H groups in total. The second-order valence-corrected chi connectivity index (χ2v) is 5.70. The summed E-state index contributed by atoms with van der Waals surface area (Å²) < 4.78 is 10.6. The fraction of sp³-hybridized carbons (Fsp3) is 0.588. The van der Waals surface area contributed by atoms with Gasteiger partial charge in [0.2, 0.25) is 0 Å². The summed E-state index contributed by atoms with van der Waals surface area (Å²) in [6.07, 6.45) is 7.11. The Bertz CT molecular complexity index is 496. The van der Waals surface area contributed by atoms with Gasteiger partial charge in [0.1, 0.15) is 17.1 Å². The van der Waals surface area contributed by atoms with E-state index in [0.717, 1.165) is 37.7 Å². The van der Waals surface area contributed by atoms with Crippen LogP contribution >= 0.6 is 0 Å². The van der Waals surface area contributed by atoms with Crippen LogP contribution in [0.15, 0.2) is 12.1 Å². The molecule has 116 valence electrons. The van der Waals surface area contributed by atoms with E-state index in [1.54, 1.807) is 7.11 Å². The highest BCUT2D eigenvalue weighted by Crippen LogP contribution is 2.30. The zero-order valence-corrected chi connectivity index (χ0v) is 12.9. The summed E-state index contributed by atoms with van der Waals surface area (Å²) in [7, 11) is 1.55. The van der Waals surface area contributed by atoms with Crippen LogP contribution in [0.1, 0.15) is 61.4 Å². The van der Waals surface area contributed by atoms with Crippen LogP contribution in [0.4, 0.5) is 0 Å². The largest absolute Gasteiger partial charge is 0.507 e. The molecule has 0 aliphatic carbocycles. The minimum absolute atomic E-state index is 0.0568. The molecule has 1 aromatic carbocycles. The van der Waals surface area contributed by atoms with Crippen molar-refractivity contribution in [2.45, 2.75) is 58.0 Å². The predicted octanol–water partition coefficient (Wildman–Crippen LogP) is 3.84. The molecule has 0 bridgehead atoms. The number of aromatic hydroxyl groups is 1. The lowest BCUT2D eigenvalue weighted by atomic mass is 9.98. The maximum absolute atomic E-state index is 12.3. The van der Waals surface area contributed by atoms with Gasteiger partial charge in [-0.1, -0.05) is 19.3 Å². The molecule has 0 fully saturated rings. The third-order valence-corrected chi connectivity index (χ3v) is 3.98. The highest BCUT2D eigenvalue weighted by Gasteiger charge is 2.21. The van der Waals surface area contributed by atoms with Crippen molar-refractivity contribution in [1.82, 2.24) is 0 Å². The normalized spacial score (nSPS) is 20.7. The van der Waals surface area contributed by atoms with Gasteiger partial charge in [-0.3, -0.25) is 0 Å². The maximum Gasteiger partial charge on any atom is 0.342 e. The summed E-state index contributed by atoms with van der Waals surface area (Å²) in [5.74, 6) is 0.0797. The highest BCUT2D eigenvalue weighted by molar-refractivity contribution is 5.94. The zero-order valence-electron chi connectivity index (χ0n) is 12.9. The van der Waals surface area contributed by atoms with E-state index in [1.165, 1.54) is 18.9 Å². The van der Waals surface area contributed by atoms with Crippen molar-refractivity contribution in [3.8, 4) is 11.5 Å². The van der Waals surface area contributed by atoms with Gasteiger partial charge in [-0.15, -0.1) is 0 Å². The van der Waals surface area contributed by atoms with Crippen LogP contribution < -0.4 is 4.74 Å². The molecule has 0 spiro atoms. The van der Waals surface area contributed by atoms with Crippen molar-refractivity contribution in [2.75, 3.05) is 7.11 Å². The van der Waals surface area contributed by atoms with Gasteiger partial charge in [0.25, 0.3) is 0 Å². The average molecular weight is 292 g/mol. The number of methoxy groups -OCH3 is 1. The highest BCUT2D eigenvalue weighted by atomic mass is 16.5. The van der Waals surface area contributed by atoms with E-state index in [2.05, 4.69) is 0 Å². The third-order valence-electron chi connectivity index (χ3n) is 3.98. The molecular weight excluding hydrogens is 268 g/mol. The van der Waals surface area contributed by atoms with E-state index in [4.69, 9.17) is 9.47 Å². The molecule has 4 heteroatoms. The van der Waals surface area contributed by atoms with Crippen molar-refractivity contribution in [1.29, 1.82) is 0 Å². The smallest absolute Gasteiger partial charge is 0.342 e. The van der Waals surface area contributed by atoms with Gasteiger partial charge in [0.05, 0.1) is 13.2 Å².